The van der Waals surface area contributed by atoms with Crippen LogP contribution in [0.2, 0.25) is 0 Å². The van der Waals surface area contributed by atoms with Gasteiger partial charge in [0.25, 0.3) is 0 Å². The molecule has 0 aromatic heterocycles. The normalized spacial score (nSPS) is 12.6. The summed E-state index contributed by atoms with van der Waals surface area (Å²) in [6, 6.07) is 19.4. The van der Waals surface area contributed by atoms with Gasteiger partial charge in [-0.1, -0.05) is 56.1 Å². The summed E-state index contributed by atoms with van der Waals surface area (Å²) in [5, 5.41) is 0.736. The lowest BCUT2D eigenvalue weighted by molar-refractivity contribution is -0.121. The number of alkyl halides is 2. The third-order valence-corrected chi connectivity index (χ3v) is 7.10. The van der Waals surface area contributed by atoms with Crippen LogP contribution in [0, 0.1) is 23.3 Å². The monoisotopic (exact) mass is 650 g/mol. The highest BCUT2D eigenvalue weighted by Crippen LogP contribution is 2.33. The molecule has 2 unspecified atom stereocenters. The zero-order valence-electron chi connectivity index (χ0n) is 19.6. The number of Topliss-reactive ketones (excluding diaryl/α,β-unsaturated/α-hetero) is 1. The van der Waals surface area contributed by atoms with Gasteiger partial charge in [-0.05, 0) is 59.7 Å². The van der Waals surface area contributed by atoms with E-state index >= 15 is 0 Å². The molecule has 9 heteroatoms. The predicted molar refractivity (Wildman–Crippen MR) is 144 cm³/mol. The molecule has 0 spiro atoms. The predicted octanol–water partition coefficient (Wildman–Crippen LogP) is 9.05. The van der Waals surface area contributed by atoms with Gasteiger partial charge in [0.05, 0.1) is 11.8 Å². The van der Waals surface area contributed by atoms with Crippen molar-refractivity contribution >= 4 is 37.6 Å². The van der Waals surface area contributed by atoms with Crippen molar-refractivity contribution < 1.29 is 31.8 Å². The average Bonchev–Trinajstić information content (AvgIpc) is 2.90. The standard InChI is InChI=1S/C29H20Br2F4O3/c30-15-23(17-1-7-21(8-2-17)37-27-11-5-19(32)13-25(27)34)29(36)24(16-31)18-3-9-22(10-4-18)38-28-12-6-20(33)14-26(28)35/h1-14,23-24H,15-16H2. The fourth-order valence-electron chi connectivity index (χ4n) is 3.81. The Kier molecular flexibility index (Phi) is 9.22. The van der Waals surface area contributed by atoms with Gasteiger partial charge in [0.2, 0.25) is 0 Å². The summed E-state index contributed by atoms with van der Waals surface area (Å²) in [5.41, 5.74) is 1.47. The van der Waals surface area contributed by atoms with Gasteiger partial charge in [0.1, 0.15) is 28.9 Å². The number of ether oxygens (including phenoxy) is 2. The molecule has 2 atom stereocenters. The second-order valence-electron chi connectivity index (χ2n) is 8.31. The van der Waals surface area contributed by atoms with E-state index in [2.05, 4.69) is 31.9 Å². The topological polar surface area (TPSA) is 35.5 Å². The Morgan fingerprint density at radius 1 is 0.605 bits per heavy atom. The second kappa shape index (κ2) is 12.6. The summed E-state index contributed by atoms with van der Waals surface area (Å²) in [4.78, 5) is 13.5. The highest BCUT2D eigenvalue weighted by molar-refractivity contribution is 9.09. The summed E-state index contributed by atoms with van der Waals surface area (Å²) in [5.74, 6) is -3.60. The first-order chi connectivity index (χ1) is 18.3. The lowest BCUT2D eigenvalue weighted by Crippen LogP contribution is -2.23. The summed E-state index contributed by atoms with van der Waals surface area (Å²) in [6.45, 7) is 0. The fraction of sp³-hybridized carbons (Fsp3) is 0.138. The molecule has 0 amide bonds. The van der Waals surface area contributed by atoms with Crippen molar-refractivity contribution in [2.45, 2.75) is 11.8 Å². The van der Waals surface area contributed by atoms with Crippen LogP contribution >= 0.6 is 31.9 Å². The number of hydrogen-bond acceptors (Lipinski definition) is 3. The van der Waals surface area contributed by atoms with Crippen LogP contribution in [0.3, 0.4) is 0 Å². The Morgan fingerprint density at radius 3 is 1.29 bits per heavy atom. The maximum absolute atomic E-state index is 13.9. The molecule has 0 heterocycles. The molecule has 196 valence electrons. The van der Waals surface area contributed by atoms with E-state index in [1.54, 1.807) is 48.5 Å². The molecular weight excluding hydrogens is 632 g/mol. The van der Waals surface area contributed by atoms with E-state index in [1.807, 2.05) is 0 Å². The van der Waals surface area contributed by atoms with E-state index < -0.39 is 35.1 Å². The molecule has 4 aromatic carbocycles. The summed E-state index contributed by atoms with van der Waals surface area (Å²) in [7, 11) is 0. The quantitative estimate of drug-likeness (QED) is 0.127. The van der Waals surface area contributed by atoms with Gasteiger partial charge in [-0.25, -0.2) is 17.6 Å². The van der Waals surface area contributed by atoms with E-state index in [0.717, 1.165) is 35.4 Å². The van der Waals surface area contributed by atoms with E-state index in [-0.39, 0.29) is 17.3 Å². The van der Waals surface area contributed by atoms with Crippen LogP contribution in [0.25, 0.3) is 0 Å². The van der Waals surface area contributed by atoms with Gasteiger partial charge in [-0.15, -0.1) is 0 Å². The first kappa shape index (κ1) is 27.9. The molecule has 0 saturated carbocycles. The van der Waals surface area contributed by atoms with Crippen molar-refractivity contribution in [3.05, 3.63) is 119 Å². The molecule has 38 heavy (non-hydrogen) atoms. The third kappa shape index (κ3) is 6.63. The summed E-state index contributed by atoms with van der Waals surface area (Å²) < 4.78 is 65.1. The first-order valence-corrected chi connectivity index (χ1v) is 13.6. The Balaban J connectivity index is 1.47. The number of carbonyl (C=O) groups excluding carboxylic acids is 1. The van der Waals surface area contributed by atoms with Gasteiger partial charge < -0.3 is 9.47 Å². The Labute approximate surface area is 233 Å². The van der Waals surface area contributed by atoms with Crippen LogP contribution in [0.5, 0.6) is 23.0 Å². The van der Waals surface area contributed by atoms with Gasteiger partial charge in [-0.2, -0.15) is 0 Å². The SMILES string of the molecule is O=C(C(CBr)c1ccc(Oc2ccc(F)cc2F)cc1)C(CBr)c1ccc(Oc2ccc(F)cc2F)cc1. The fourth-order valence-corrected chi connectivity index (χ4v) is 5.19. The van der Waals surface area contributed by atoms with Crippen molar-refractivity contribution in [2.24, 2.45) is 0 Å². The number of halogens is 6. The van der Waals surface area contributed by atoms with Crippen molar-refractivity contribution in [2.75, 3.05) is 10.7 Å². The molecule has 0 fully saturated rings. The second-order valence-corrected chi connectivity index (χ2v) is 9.60. The lowest BCUT2D eigenvalue weighted by Gasteiger charge is -2.21. The molecule has 0 bridgehead atoms. The molecular formula is C29H20Br2F4O3. The van der Waals surface area contributed by atoms with Crippen molar-refractivity contribution in [3.8, 4) is 23.0 Å². The van der Waals surface area contributed by atoms with Crippen LogP contribution in [0.4, 0.5) is 17.6 Å². The number of hydrogen-bond donors (Lipinski definition) is 0. The molecule has 4 rings (SSSR count). The van der Waals surface area contributed by atoms with Gasteiger partial charge in [-0.3, -0.25) is 4.79 Å². The van der Waals surface area contributed by atoms with E-state index in [1.165, 1.54) is 12.1 Å². The smallest absolute Gasteiger partial charge is 0.168 e. The molecule has 0 aliphatic carbocycles. The highest BCUT2D eigenvalue weighted by atomic mass is 79.9. The molecule has 4 aromatic rings. The number of ketones is 1. The minimum Gasteiger partial charge on any atom is -0.454 e. The first-order valence-electron chi connectivity index (χ1n) is 11.4. The van der Waals surface area contributed by atoms with E-state index in [9.17, 15) is 22.4 Å². The van der Waals surface area contributed by atoms with Crippen LogP contribution in [-0.2, 0) is 4.79 Å². The number of carbonyl (C=O) groups is 1. The molecule has 0 aliphatic rings. The summed E-state index contributed by atoms with van der Waals surface area (Å²) >= 11 is 6.88. The van der Waals surface area contributed by atoms with E-state index in [0.29, 0.717) is 22.2 Å². The van der Waals surface area contributed by atoms with E-state index in [4.69, 9.17) is 9.47 Å². The Morgan fingerprint density at radius 2 is 0.974 bits per heavy atom. The van der Waals surface area contributed by atoms with Crippen LogP contribution in [0.15, 0.2) is 84.9 Å². The molecule has 3 nitrogen and oxygen atoms in total. The number of rotatable bonds is 10. The number of benzene rings is 4. The zero-order valence-corrected chi connectivity index (χ0v) is 22.8. The highest BCUT2D eigenvalue weighted by Gasteiger charge is 2.28. The molecule has 0 radical (unpaired) electrons. The minimum absolute atomic E-state index is 0.0461. The van der Waals surface area contributed by atoms with Crippen LogP contribution in [-0.4, -0.2) is 16.4 Å². The maximum atomic E-state index is 13.9. The van der Waals surface area contributed by atoms with Gasteiger partial charge >= 0.3 is 0 Å². The molecule has 0 N–H and O–H groups in total. The molecule has 0 saturated heterocycles. The third-order valence-electron chi connectivity index (χ3n) is 5.80. The van der Waals surface area contributed by atoms with Crippen LogP contribution in [0.1, 0.15) is 23.0 Å². The summed E-state index contributed by atoms with van der Waals surface area (Å²) in [6.07, 6.45) is 0. The van der Waals surface area contributed by atoms with Crippen LogP contribution < -0.4 is 9.47 Å². The zero-order chi connectivity index (χ0) is 27.2. The molecule has 0 aliphatic heterocycles. The average molecular weight is 652 g/mol. The Bertz CT molecular complexity index is 1310. The maximum Gasteiger partial charge on any atom is 0.168 e. The van der Waals surface area contributed by atoms with Crippen molar-refractivity contribution in [1.29, 1.82) is 0 Å². The van der Waals surface area contributed by atoms with Gasteiger partial charge in [0, 0.05) is 22.8 Å². The van der Waals surface area contributed by atoms with Gasteiger partial charge in [0.15, 0.2) is 23.1 Å². The minimum atomic E-state index is -0.818. The Hall–Kier alpha value is -3.17. The largest absolute Gasteiger partial charge is 0.454 e. The van der Waals surface area contributed by atoms with Crippen molar-refractivity contribution in [1.82, 2.24) is 0 Å². The lowest BCUT2D eigenvalue weighted by atomic mass is 9.86. The van der Waals surface area contributed by atoms with Crippen molar-refractivity contribution in [3.63, 3.8) is 0 Å².